The van der Waals surface area contributed by atoms with Gasteiger partial charge in [0.2, 0.25) is 0 Å². The van der Waals surface area contributed by atoms with E-state index >= 15 is 0 Å². The normalized spacial score (nSPS) is 11.0. The number of hydrogen-bond acceptors (Lipinski definition) is 1. The van der Waals surface area contributed by atoms with Gasteiger partial charge in [-0.2, -0.15) is 0 Å². The van der Waals surface area contributed by atoms with E-state index < -0.39 is 0 Å². The van der Waals surface area contributed by atoms with Crippen LogP contribution in [0.2, 0.25) is 0 Å². The van der Waals surface area contributed by atoms with Gasteiger partial charge in [-0.1, -0.05) is 84.5 Å². The Kier molecular flexibility index (Phi) is 16.9. The van der Waals surface area contributed by atoms with Gasteiger partial charge in [0.15, 0.2) is 0 Å². The number of nitrogens with one attached hydrogen (secondary N) is 1. The monoisotopic (exact) mass is 255 g/mol. The van der Waals surface area contributed by atoms with E-state index in [4.69, 9.17) is 0 Å². The van der Waals surface area contributed by atoms with Crippen molar-refractivity contribution in [2.75, 3.05) is 13.1 Å². The Hall–Kier alpha value is -0.0400. The number of rotatable bonds is 15. The summed E-state index contributed by atoms with van der Waals surface area (Å²) in [5, 5.41) is 3.52. The van der Waals surface area contributed by atoms with Crippen LogP contribution in [0.25, 0.3) is 0 Å². The molecule has 0 aliphatic carbocycles. The lowest BCUT2D eigenvalue weighted by atomic mass is 10.1. The van der Waals surface area contributed by atoms with Crippen molar-refractivity contribution in [1.29, 1.82) is 0 Å². The summed E-state index contributed by atoms with van der Waals surface area (Å²) in [4.78, 5) is 0. The van der Waals surface area contributed by atoms with Gasteiger partial charge in [0, 0.05) is 0 Å². The zero-order valence-electron chi connectivity index (χ0n) is 13.1. The third-order valence-corrected chi connectivity index (χ3v) is 3.66. The summed E-state index contributed by atoms with van der Waals surface area (Å²) >= 11 is 0. The highest BCUT2D eigenvalue weighted by atomic mass is 14.8. The Morgan fingerprint density at radius 2 is 0.833 bits per heavy atom. The van der Waals surface area contributed by atoms with Gasteiger partial charge >= 0.3 is 0 Å². The van der Waals surface area contributed by atoms with E-state index in [0.717, 1.165) is 0 Å². The van der Waals surface area contributed by atoms with Gasteiger partial charge in [0.05, 0.1) is 0 Å². The molecule has 0 heterocycles. The standard InChI is InChI=1S/C17H37N/c1-3-5-7-8-9-10-11-12-13-14-15-17-18-16-6-4-2/h18H,3-17H2,1-2H3. The minimum atomic E-state index is 1.22. The summed E-state index contributed by atoms with van der Waals surface area (Å²) in [7, 11) is 0. The Balaban J connectivity index is 2.86. The summed E-state index contributed by atoms with van der Waals surface area (Å²) in [5.74, 6) is 0. The molecule has 0 rings (SSSR count). The van der Waals surface area contributed by atoms with Crippen LogP contribution in [-0.4, -0.2) is 13.1 Å². The molecule has 18 heavy (non-hydrogen) atoms. The molecule has 0 saturated heterocycles. The third kappa shape index (κ3) is 16.0. The molecule has 0 amide bonds. The van der Waals surface area contributed by atoms with E-state index in [9.17, 15) is 0 Å². The smallest absolute Gasteiger partial charge is 0.00489 e. The van der Waals surface area contributed by atoms with Crippen LogP contribution in [0.15, 0.2) is 0 Å². The molecule has 0 aliphatic rings. The molecule has 0 aromatic heterocycles. The third-order valence-electron chi connectivity index (χ3n) is 3.66. The molecule has 1 nitrogen and oxygen atoms in total. The van der Waals surface area contributed by atoms with Gasteiger partial charge in [0.25, 0.3) is 0 Å². The topological polar surface area (TPSA) is 12.0 Å². The first kappa shape index (κ1) is 18.0. The fourth-order valence-electron chi connectivity index (χ4n) is 2.34. The van der Waals surface area contributed by atoms with Crippen LogP contribution in [0.4, 0.5) is 0 Å². The minimum absolute atomic E-state index is 1.22. The van der Waals surface area contributed by atoms with Crippen molar-refractivity contribution >= 4 is 0 Å². The zero-order valence-corrected chi connectivity index (χ0v) is 13.1. The van der Waals surface area contributed by atoms with E-state index in [2.05, 4.69) is 19.2 Å². The molecule has 0 aromatic carbocycles. The van der Waals surface area contributed by atoms with Crippen LogP contribution in [-0.2, 0) is 0 Å². The van der Waals surface area contributed by atoms with E-state index in [1.165, 1.54) is 96.6 Å². The Labute approximate surface area is 116 Å². The van der Waals surface area contributed by atoms with Crippen molar-refractivity contribution in [2.45, 2.75) is 97.3 Å². The van der Waals surface area contributed by atoms with Gasteiger partial charge in [-0.3, -0.25) is 0 Å². The lowest BCUT2D eigenvalue weighted by Crippen LogP contribution is -2.16. The highest BCUT2D eigenvalue weighted by molar-refractivity contribution is 4.50. The molecule has 0 aliphatic heterocycles. The average molecular weight is 255 g/mol. The van der Waals surface area contributed by atoms with Crippen LogP contribution in [0.1, 0.15) is 97.3 Å². The van der Waals surface area contributed by atoms with Crippen LogP contribution < -0.4 is 5.32 Å². The highest BCUT2D eigenvalue weighted by Crippen LogP contribution is 2.10. The summed E-state index contributed by atoms with van der Waals surface area (Å²) in [6.45, 7) is 6.99. The maximum absolute atomic E-state index is 3.52. The highest BCUT2D eigenvalue weighted by Gasteiger charge is 1.93. The summed E-state index contributed by atoms with van der Waals surface area (Å²) in [6.07, 6.45) is 18.5. The molecule has 0 radical (unpaired) electrons. The maximum atomic E-state index is 3.52. The molecule has 110 valence electrons. The molecule has 0 spiro atoms. The van der Waals surface area contributed by atoms with Crippen LogP contribution in [0, 0.1) is 0 Å². The second-order valence-electron chi connectivity index (χ2n) is 5.64. The van der Waals surface area contributed by atoms with Crippen LogP contribution >= 0.6 is 0 Å². The van der Waals surface area contributed by atoms with Gasteiger partial charge < -0.3 is 5.32 Å². The molecule has 1 heteroatoms. The lowest BCUT2D eigenvalue weighted by Gasteiger charge is -2.04. The molecular formula is C17H37N. The van der Waals surface area contributed by atoms with Crippen LogP contribution in [0.5, 0.6) is 0 Å². The predicted octanol–water partition coefficient (Wildman–Crippen LogP) is 5.69. The van der Waals surface area contributed by atoms with E-state index in [1.807, 2.05) is 0 Å². The molecule has 0 fully saturated rings. The van der Waals surface area contributed by atoms with E-state index in [1.54, 1.807) is 0 Å². The fraction of sp³-hybridized carbons (Fsp3) is 1.00. The SMILES string of the molecule is CCCCCCCCCCCCCNCCCC. The van der Waals surface area contributed by atoms with Crippen molar-refractivity contribution in [3.05, 3.63) is 0 Å². The second-order valence-corrected chi connectivity index (χ2v) is 5.64. The van der Waals surface area contributed by atoms with E-state index in [0.29, 0.717) is 0 Å². The molecule has 0 unspecified atom stereocenters. The first-order valence-electron chi connectivity index (χ1n) is 8.62. The first-order valence-corrected chi connectivity index (χ1v) is 8.62. The predicted molar refractivity (Wildman–Crippen MR) is 84.2 cm³/mol. The van der Waals surface area contributed by atoms with Gasteiger partial charge in [0.1, 0.15) is 0 Å². The summed E-state index contributed by atoms with van der Waals surface area (Å²) in [5.41, 5.74) is 0. The Morgan fingerprint density at radius 3 is 1.33 bits per heavy atom. The number of hydrogen-bond donors (Lipinski definition) is 1. The second kappa shape index (κ2) is 17.0. The maximum Gasteiger partial charge on any atom is -0.00489 e. The van der Waals surface area contributed by atoms with Crippen molar-refractivity contribution < 1.29 is 0 Å². The quantitative estimate of drug-likeness (QED) is 0.371. The summed E-state index contributed by atoms with van der Waals surface area (Å²) in [6, 6.07) is 0. The largest absolute Gasteiger partial charge is 0.317 e. The minimum Gasteiger partial charge on any atom is -0.317 e. The molecule has 0 atom stereocenters. The van der Waals surface area contributed by atoms with Crippen molar-refractivity contribution in [3.63, 3.8) is 0 Å². The molecule has 0 bridgehead atoms. The van der Waals surface area contributed by atoms with Gasteiger partial charge in [-0.15, -0.1) is 0 Å². The molecule has 0 saturated carbocycles. The van der Waals surface area contributed by atoms with Crippen molar-refractivity contribution in [1.82, 2.24) is 5.32 Å². The van der Waals surface area contributed by atoms with Gasteiger partial charge in [-0.25, -0.2) is 0 Å². The number of unbranched alkanes of at least 4 members (excludes halogenated alkanes) is 11. The first-order chi connectivity index (χ1) is 8.91. The Morgan fingerprint density at radius 1 is 0.444 bits per heavy atom. The lowest BCUT2D eigenvalue weighted by molar-refractivity contribution is 0.536. The fourth-order valence-corrected chi connectivity index (χ4v) is 2.34. The van der Waals surface area contributed by atoms with Crippen molar-refractivity contribution in [2.24, 2.45) is 0 Å². The van der Waals surface area contributed by atoms with Crippen LogP contribution in [0.3, 0.4) is 0 Å². The zero-order chi connectivity index (χ0) is 13.3. The average Bonchev–Trinajstić information content (AvgIpc) is 2.39. The Bertz CT molecular complexity index is 118. The van der Waals surface area contributed by atoms with Gasteiger partial charge in [-0.05, 0) is 25.9 Å². The molecular weight excluding hydrogens is 218 g/mol. The molecule has 0 aromatic rings. The van der Waals surface area contributed by atoms with Crippen molar-refractivity contribution in [3.8, 4) is 0 Å². The summed E-state index contributed by atoms with van der Waals surface area (Å²) < 4.78 is 0. The molecule has 1 N–H and O–H groups in total. The van der Waals surface area contributed by atoms with E-state index in [-0.39, 0.29) is 0 Å².